The van der Waals surface area contributed by atoms with E-state index in [0.29, 0.717) is 0 Å². The quantitative estimate of drug-likeness (QED) is 0.382. The van der Waals surface area contributed by atoms with E-state index in [1.54, 1.807) is 0 Å². The number of ether oxygens (including phenoxy) is 3. The van der Waals surface area contributed by atoms with E-state index in [9.17, 15) is 14.4 Å². The summed E-state index contributed by atoms with van der Waals surface area (Å²) in [5.74, 6) is -1.69. The van der Waals surface area contributed by atoms with E-state index in [4.69, 9.17) is 14.2 Å². The lowest BCUT2D eigenvalue weighted by atomic mass is 10.0. The molecule has 20 heavy (non-hydrogen) atoms. The molecule has 6 nitrogen and oxygen atoms in total. The van der Waals surface area contributed by atoms with Gasteiger partial charge in [0.25, 0.3) is 0 Å². The van der Waals surface area contributed by atoms with Gasteiger partial charge in [0.2, 0.25) is 0 Å². The molecule has 0 unspecified atom stereocenters. The molecule has 0 bridgehead atoms. The third kappa shape index (κ3) is 6.72. The second kappa shape index (κ2) is 8.90. The van der Waals surface area contributed by atoms with Crippen LogP contribution in [0.25, 0.3) is 0 Å². The van der Waals surface area contributed by atoms with Crippen molar-refractivity contribution >= 4 is 17.9 Å². The lowest BCUT2D eigenvalue weighted by Crippen LogP contribution is -2.44. The van der Waals surface area contributed by atoms with Gasteiger partial charge in [-0.1, -0.05) is 12.7 Å². The lowest BCUT2D eigenvalue weighted by Gasteiger charge is -2.29. The van der Waals surface area contributed by atoms with Crippen molar-refractivity contribution in [1.29, 1.82) is 0 Å². The summed E-state index contributed by atoms with van der Waals surface area (Å²) in [5, 5.41) is 0. The second-order valence-corrected chi connectivity index (χ2v) is 4.06. The van der Waals surface area contributed by atoms with Gasteiger partial charge in [-0.05, 0) is 6.08 Å². The first-order valence-electron chi connectivity index (χ1n) is 6.06. The molecule has 0 aromatic heterocycles. The summed E-state index contributed by atoms with van der Waals surface area (Å²) >= 11 is 0. The van der Waals surface area contributed by atoms with Crippen molar-refractivity contribution in [3.63, 3.8) is 0 Å². The summed E-state index contributed by atoms with van der Waals surface area (Å²) in [7, 11) is 0. The van der Waals surface area contributed by atoms with Crippen LogP contribution in [0.1, 0.15) is 27.2 Å². The molecule has 0 heterocycles. The number of rotatable bonds is 8. The molecule has 3 atom stereocenters. The Balaban J connectivity index is 5.26. The minimum absolute atomic E-state index is 0.239. The first kappa shape index (κ1) is 17.9. The van der Waals surface area contributed by atoms with E-state index < -0.39 is 36.2 Å². The Labute approximate surface area is 118 Å². The van der Waals surface area contributed by atoms with Crippen molar-refractivity contribution in [2.75, 3.05) is 0 Å². The zero-order valence-electron chi connectivity index (χ0n) is 12.0. The van der Waals surface area contributed by atoms with Crippen molar-refractivity contribution in [2.45, 2.75) is 45.5 Å². The minimum Gasteiger partial charge on any atom is -0.458 e. The Morgan fingerprint density at radius 2 is 1.45 bits per heavy atom. The normalized spacial score (nSPS) is 14.3. The lowest BCUT2D eigenvalue weighted by molar-refractivity contribution is -0.178. The minimum atomic E-state index is -0.976. The standard InChI is InChI=1S/C14H20O6/c1-6-8-13(19-10(4)16)14(20-11(5)17)12(7-2)18-9(3)15/h6-7,12-14H,1-2,8H2,3-5H3/t12-,13+,14+/m1/s1. The molecule has 0 saturated heterocycles. The smallest absolute Gasteiger partial charge is 0.303 e. The predicted octanol–water partition coefficient (Wildman–Crippen LogP) is 1.54. The van der Waals surface area contributed by atoms with Crippen LogP contribution in [0.5, 0.6) is 0 Å². The van der Waals surface area contributed by atoms with E-state index >= 15 is 0 Å². The first-order chi connectivity index (χ1) is 9.31. The fourth-order valence-corrected chi connectivity index (χ4v) is 1.61. The molecular weight excluding hydrogens is 264 g/mol. The predicted molar refractivity (Wildman–Crippen MR) is 71.7 cm³/mol. The molecule has 0 amide bonds. The van der Waals surface area contributed by atoms with Gasteiger partial charge in [-0.3, -0.25) is 14.4 Å². The Bertz CT molecular complexity index is 387. The van der Waals surface area contributed by atoms with Gasteiger partial charge < -0.3 is 14.2 Å². The average molecular weight is 284 g/mol. The van der Waals surface area contributed by atoms with E-state index in [1.165, 1.54) is 32.9 Å². The fraction of sp³-hybridized carbons (Fsp3) is 0.500. The first-order valence-corrected chi connectivity index (χ1v) is 6.06. The largest absolute Gasteiger partial charge is 0.458 e. The van der Waals surface area contributed by atoms with E-state index in [2.05, 4.69) is 13.2 Å². The monoisotopic (exact) mass is 284 g/mol. The van der Waals surface area contributed by atoms with Crippen LogP contribution < -0.4 is 0 Å². The molecule has 6 heteroatoms. The molecule has 0 fully saturated rings. The van der Waals surface area contributed by atoms with Gasteiger partial charge in [0.05, 0.1) is 0 Å². The van der Waals surface area contributed by atoms with Crippen LogP contribution in [0.15, 0.2) is 25.3 Å². The van der Waals surface area contributed by atoms with Crippen LogP contribution in [-0.2, 0) is 28.6 Å². The van der Waals surface area contributed by atoms with Crippen molar-refractivity contribution in [3.8, 4) is 0 Å². The third-order valence-electron chi connectivity index (χ3n) is 2.24. The summed E-state index contributed by atoms with van der Waals surface area (Å²) in [6.45, 7) is 10.7. The highest BCUT2D eigenvalue weighted by Gasteiger charge is 2.34. The van der Waals surface area contributed by atoms with Crippen LogP contribution in [0.2, 0.25) is 0 Å². The molecule has 0 radical (unpaired) electrons. The summed E-state index contributed by atoms with van der Waals surface area (Å²) in [6.07, 6.45) is 0.364. The highest BCUT2D eigenvalue weighted by Crippen LogP contribution is 2.17. The van der Waals surface area contributed by atoms with Gasteiger partial charge >= 0.3 is 17.9 Å². The molecular formula is C14H20O6. The number of carbonyl (C=O) groups excluding carboxylic acids is 3. The Kier molecular flexibility index (Phi) is 7.96. The topological polar surface area (TPSA) is 78.9 Å². The Hall–Kier alpha value is -2.11. The zero-order valence-corrected chi connectivity index (χ0v) is 12.0. The number of esters is 3. The maximum Gasteiger partial charge on any atom is 0.303 e. The highest BCUT2D eigenvalue weighted by molar-refractivity contribution is 5.68. The van der Waals surface area contributed by atoms with E-state index in [-0.39, 0.29) is 6.42 Å². The van der Waals surface area contributed by atoms with Crippen molar-refractivity contribution in [2.24, 2.45) is 0 Å². The second-order valence-electron chi connectivity index (χ2n) is 4.06. The Morgan fingerprint density at radius 3 is 1.80 bits per heavy atom. The van der Waals surface area contributed by atoms with Crippen molar-refractivity contribution in [1.82, 2.24) is 0 Å². The van der Waals surface area contributed by atoms with Gasteiger partial charge in [0.15, 0.2) is 12.2 Å². The molecule has 112 valence electrons. The molecule has 0 spiro atoms. The van der Waals surface area contributed by atoms with Gasteiger partial charge in [0.1, 0.15) is 6.10 Å². The molecule has 0 N–H and O–H groups in total. The maximum atomic E-state index is 11.2. The number of hydrogen-bond acceptors (Lipinski definition) is 6. The fourth-order valence-electron chi connectivity index (χ4n) is 1.61. The molecule has 0 aliphatic carbocycles. The Morgan fingerprint density at radius 1 is 0.950 bits per heavy atom. The average Bonchev–Trinajstić information content (AvgIpc) is 2.31. The van der Waals surface area contributed by atoms with Gasteiger partial charge in [0, 0.05) is 27.2 Å². The molecule has 0 rings (SSSR count). The van der Waals surface area contributed by atoms with Crippen molar-refractivity contribution in [3.05, 3.63) is 25.3 Å². The van der Waals surface area contributed by atoms with Gasteiger partial charge in [-0.2, -0.15) is 0 Å². The summed E-state index contributed by atoms with van der Waals surface area (Å²) in [4.78, 5) is 33.4. The zero-order chi connectivity index (χ0) is 15.7. The van der Waals surface area contributed by atoms with Crippen LogP contribution in [0, 0.1) is 0 Å². The van der Waals surface area contributed by atoms with Gasteiger partial charge in [-0.25, -0.2) is 0 Å². The number of carbonyl (C=O) groups is 3. The summed E-state index contributed by atoms with van der Waals surface area (Å²) in [5.41, 5.74) is 0. The third-order valence-corrected chi connectivity index (χ3v) is 2.24. The van der Waals surface area contributed by atoms with E-state index in [1.807, 2.05) is 0 Å². The maximum absolute atomic E-state index is 11.2. The van der Waals surface area contributed by atoms with Crippen molar-refractivity contribution < 1.29 is 28.6 Å². The number of hydrogen-bond donors (Lipinski definition) is 0. The van der Waals surface area contributed by atoms with Crippen LogP contribution >= 0.6 is 0 Å². The molecule has 0 aliphatic rings. The van der Waals surface area contributed by atoms with Gasteiger partial charge in [-0.15, -0.1) is 6.58 Å². The van der Waals surface area contributed by atoms with Crippen LogP contribution in [0.4, 0.5) is 0 Å². The SMILES string of the molecule is C=CC[C@H](OC(C)=O)[C@@H](OC(C)=O)[C@@H](C=C)OC(C)=O. The van der Waals surface area contributed by atoms with Crippen LogP contribution in [-0.4, -0.2) is 36.2 Å². The van der Waals surface area contributed by atoms with E-state index in [0.717, 1.165) is 0 Å². The summed E-state index contributed by atoms with van der Waals surface area (Å²) < 4.78 is 15.2. The van der Waals surface area contributed by atoms with Crippen LogP contribution in [0.3, 0.4) is 0 Å². The molecule has 0 aliphatic heterocycles. The molecule has 0 aromatic rings. The highest BCUT2D eigenvalue weighted by atomic mass is 16.6. The molecule has 0 saturated carbocycles. The summed E-state index contributed by atoms with van der Waals surface area (Å²) in [6, 6.07) is 0. The molecule has 0 aromatic carbocycles.